The molecule has 0 saturated heterocycles. The average molecular weight is 482 g/mol. The number of nitrogens with one attached hydrogen (secondary N) is 2. The SMILES string of the molecule is CC(C)CNC(=O)c1ccccc1NC(=O)CN(C)S(=O)(=O)c1ccc(Br)cc1. The summed E-state index contributed by atoms with van der Waals surface area (Å²) in [6.45, 7) is 4.08. The third-order valence-electron chi connectivity index (χ3n) is 4.00. The Kier molecular flexibility index (Phi) is 7.95. The van der Waals surface area contributed by atoms with E-state index in [1.165, 1.54) is 19.2 Å². The Morgan fingerprint density at radius 2 is 1.69 bits per heavy atom. The lowest BCUT2D eigenvalue weighted by molar-refractivity contribution is -0.116. The molecule has 2 aromatic carbocycles. The van der Waals surface area contributed by atoms with Crippen molar-refractivity contribution >= 4 is 43.5 Å². The first-order valence-electron chi connectivity index (χ1n) is 9.00. The van der Waals surface area contributed by atoms with Crippen LogP contribution in [0.25, 0.3) is 0 Å². The van der Waals surface area contributed by atoms with Crippen LogP contribution in [-0.2, 0) is 14.8 Å². The van der Waals surface area contributed by atoms with Crippen molar-refractivity contribution in [1.82, 2.24) is 9.62 Å². The first-order valence-corrected chi connectivity index (χ1v) is 11.2. The summed E-state index contributed by atoms with van der Waals surface area (Å²) in [5.41, 5.74) is 0.646. The van der Waals surface area contributed by atoms with Crippen LogP contribution in [0.2, 0.25) is 0 Å². The number of sulfonamides is 1. The summed E-state index contributed by atoms with van der Waals surface area (Å²) in [5, 5.41) is 5.43. The van der Waals surface area contributed by atoms with Gasteiger partial charge in [0.2, 0.25) is 15.9 Å². The lowest BCUT2D eigenvalue weighted by Gasteiger charge is -2.18. The molecule has 0 spiro atoms. The molecule has 29 heavy (non-hydrogen) atoms. The maximum absolute atomic E-state index is 12.6. The molecular formula is C20H24BrN3O4S. The lowest BCUT2D eigenvalue weighted by Crippen LogP contribution is -2.35. The lowest BCUT2D eigenvalue weighted by atomic mass is 10.1. The predicted octanol–water partition coefficient (Wildman–Crippen LogP) is 3.09. The van der Waals surface area contributed by atoms with Crippen LogP contribution in [0.1, 0.15) is 24.2 Å². The van der Waals surface area contributed by atoms with Crippen molar-refractivity contribution in [2.75, 3.05) is 25.5 Å². The molecule has 0 aromatic heterocycles. The zero-order valence-electron chi connectivity index (χ0n) is 16.5. The zero-order chi connectivity index (χ0) is 21.6. The van der Waals surface area contributed by atoms with Gasteiger partial charge in [0, 0.05) is 18.1 Å². The number of amides is 2. The van der Waals surface area contributed by atoms with Gasteiger partial charge in [-0.3, -0.25) is 9.59 Å². The summed E-state index contributed by atoms with van der Waals surface area (Å²) in [5.74, 6) is -0.555. The van der Waals surface area contributed by atoms with Gasteiger partial charge < -0.3 is 10.6 Å². The van der Waals surface area contributed by atoms with Gasteiger partial charge in [-0.05, 0) is 42.3 Å². The highest BCUT2D eigenvalue weighted by molar-refractivity contribution is 9.10. The fraction of sp³-hybridized carbons (Fsp3) is 0.300. The standard InChI is InChI=1S/C20H24BrN3O4S/c1-14(2)12-22-20(26)17-6-4-5-7-18(17)23-19(25)13-24(3)29(27,28)16-10-8-15(21)9-11-16/h4-11,14H,12-13H2,1-3H3,(H,22,26)(H,23,25). The maximum Gasteiger partial charge on any atom is 0.253 e. The van der Waals surface area contributed by atoms with Crippen molar-refractivity contribution < 1.29 is 18.0 Å². The number of halogens is 1. The number of carbonyl (C=O) groups is 2. The van der Waals surface area contributed by atoms with Crippen LogP contribution in [0.15, 0.2) is 57.9 Å². The van der Waals surface area contributed by atoms with Crippen LogP contribution >= 0.6 is 15.9 Å². The van der Waals surface area contributed by atoms with E-state index in [1.807, 2.05) is 13.8 Å². The number of likely N-dealkylation sites (N-methyl/N-ethyl adjacent to an activating group) is 1. The van der Waals surface area contributed by atoms with E-state index in [1.54, 1.807) is 36.4 Å². The van der Waals surface area contributed by atoms with Crippen LogP contribution < -0.4 is 10.6 Å². The van der Waals surface area contributed by atoms with E-state index in [4.69, 9.17) is 0 Å². The minimum atomic E-state index is -3.82. The molecule has 2 rings (SSSR count). The van der Waals surface area contributed by atoms with E-state index in [0.29, 0.717) is 17.8 Å². The molecule has 0 radical (unpaired) electrons. The number of anilines is 1. The quantitative estimate of drug-likeness (QED) is 0.605. The molecule has 2 amide bonds. The second-order valence-corrected chi connectivity index (χ2v) is 9.87. The number of carbonyl (C=O) groups excluding carboxylic acids is 2. The molecule has 0 aliphatic carbocycles. The molecule has 0 atom stereocenters. The van der Waals surface area contributed by atoms with E-state index in [2.05, 4.69) is 26.6 Å². The van der Waals surface area contributed by atoms with Gasteiger partial charge >= 0.3 is 0 Å². The maximum atomic E-state index is 12.6. The third kappa shape index (κ3) is 6.38. The van der Waals surface area contributed by atoms with E-state index >= 15 is 0 Å². The number of nitrogens with zero attached hydrogens (tertiary/aromatic N) is 1. The van der Waals surface area contributed by atoms with Gasteiger partial charge in [-0.2, -0.15) is 4.31 Å². The topological polar surface area (TPSA) is 95.6 Å². The van der Waals surface area contributed by atoms with Crippen LogP contribution in [0.5, 0.6) is 0 Å². The van der Waals surface area contributed by atoms with Gasteiger partial charge in [0.25, 0.3) is 5.91 Å². The molecule has 2 N–H and O–H groups in total. The van der Waals surface area contributed by atoms with Crippen molar-refractivity contribution in [3.05, 3.63) is 58.6 Å². The summed E-state index contributed by atoms with van der Waals surface area (Å²) >= 11 is 3.26. The van der Waals surface area contributed by atoms with Gasteiger partial charge in [-0.1, -0.05) is 41.9 Å². The monoisotopic (exact) mass is 481 g/mol. The average Bonchev–Trinajstić information content (AvgIpc) is 2.66. The Hall–Kier alpha value is -2.23. The van der Waals surface area contributed by atoms with Crippen molar-refractivity contribution in [1.29, 1.82) is 0 Å². The molecule has 0 unspecified atom stereocenters. The van der Waals surface area contributed by atoms with E-state index in [0.717, 1.165) is 8.78 Å². The molecular weight excluding hydrogens is 458 g/mol. The fourth-order valence-corrected chi connectivity index (χ4v) is 3.84. The van der Waals surface area contributed by atoms with Crippen molar-refractivity contribution in [2.45, 2.75) is 18.7 Å². The summed E-state index contributed by atoms with van der Waals surface area (Å²) in [4.78, 5) is 24.9. The number of rotatable bonds is 8. The van der Waals surface area contributed by atoms with E-state index in [-0.39, 0.29) is 23.3 Å². The smallest absolute Gasteiger partial charge is 0.253 e. The largest absolute Gasteiger partial charge is 0.352 e. The highest BCUT2D eigenvalue weighted by Gasteiger charge is 2.23. The number of benzene rings is 2. The molecule has 7 nitrogen and oxygen atoms in total. The Morgan fingerprint density at radius 3 is 2.31 bits per heavy atom. The van der Waals surface area contributed by atoms with Gasteiger partial charge in [0.15, 0.2) is 0 Å². The van der Waals surface area contributed by atoms with Gasteiger partial charge in [0.1, 0.15) is 0 Å². The molecule has 0 aliphatic heterocycles. The normalized spacial score (nSPS) is 11.5. The molecule has 0 bridgehead atoms. The zero-order valence-corrected chi connectivity index (χ0v) is 18.9. The Labute approximate surface area is 179 Å². The second-order valence-electron chi connectivity index (χ2n) is 6.91. The van der Waals surface area contributed by atoms with Crippen LogP contribution in [0, 0.1) is 5.92 Å². The fourth-order valence-electron chi connectivity index (χ4n) is 2.45. The van der Waals surface area contributed by atoms with E-state index in [9.17, 15) is 18.0 Å². The minimum Gasteiger partial charge on any atom is -0.352 e. The first-order chi connectivity index (χ1) is 13.6. The van der Waals surface area contributed by atoms with Gasteiger partial charge in [0.05, 0.1) is 22.7 Å². The molecule has 0 saturated carbocycles. The Balaban J connectivity index is 2.09. The number of para-hydroxylation sites is 1. The van der Waals surface area contributed by atoms with Gasteiger partial charge in [-0.25, -0.2) is 8.42 Å². The number of hydrogen-bond donors (Lipinski definition) is 2. The van der Waals surface area contributed by atoms with Crippen LogP contribution in [0.3, 0.4) is 0 Å². The summed E-state index contributed by atoms with van der Waals surface area (Å²) in [6.07, 6.45) is 0. The van der Waals surface area contributed by atoms with Crippen LogP contribution in [0.4, 0.5) is 5.69 Å². The minimum absolute atomic E-state index is 0.0875. The molecule has 0 heterocycles. The highest BCUT2D eigenvalue weighted by Crippen LogP contribution is 2.19. The Bertz CT molecular complexity index is 975. The molecule has 9 heteroatoms. The first kappa shape index (κ1) is 23.1. The second kappa shape index (κ2) is 10.00. The summed E-state index contributed by atoms with van der Waals surface area (Å²) in [6, 6.07) is 12.8. The summed E-state index contributed by atoms with van der Waals surface area (Å²) < 4.78 is 27.0. The summed E-state index contributed by atoms with van der Waals surface area (Å²) in [7, 11) is -2.48. The molecule has 2 aromatic rings. The number of hydrogen-bond acceptors (Lipinski definition) is 4. The van der Waals surface area contributed by atoms with Gasteiger partial charge in [-0.15, -0.1) is 0 Å². The predicted molar refractivity (Wildman–Crippen MR) is 116 cm³/mol. The molecule has 156 valence electrons. The van der Waals surface area contributed by atoms with Crippen molar-refractivity contribution in [2.24, 2.45) is 5.92 Å². The highest BCUT2D eigenvalue weighted by atomic mass is 79.9. The van der Waals surface area contributed by atoms with Crippen molar-refractivity contribution in [3.63, 3.8) is 0 Å². The Morgan fingerprint density at radius 1 is 1.07 bits per heavy atom. The molecule has 0 fully saturated rings. The third-order valence-corrected chi connectivity index (χ3v) is 6.35. The molecule has 0 aliphatic rings. The van der Waals surface area contributed by atoms with E-state index < -0.39 is 15.9 Å². The van der Waals surface area contributed by atoms with Crippen molar-refractivity contribution in [3.8, 4) is 0 Å². The van der Waals surface area contributed by atoms with Crippen LogP contribution in [-0.4, -0.2) is 44.7 Å².